The summed E-state index contributed by atoms with van der Waals surface area (Å²) >= 11 is 0. The number of ether oxygens (including phenoxy) is 1. The van der Waals surface area contributed by atoms with Crippen molar-refractivity contribution in [2.75, 3.05) is 44.8 Å². The first kappa shape index (κ1) is 23.9. The zero-order valence-corrected chi connectivity index (χ0v) is 18.8. The van der Waals surface area contributed by atoms with Gasteiger partial charge in [0.25, 0.3) is 5.91 Å². The quantitative estimate of drug-likeness (QED) is 0.728. The van der Waals surface area contributed by atoms with Crippen LogP contribution in [-0.2, 0) is 6.18 Å². The number of nitrogens with zero attached hydrogens (tertiary/aromatic N) is 3. The average Bonchev–Trinajstić information content (AvgIpc) is 3.20. The second-order valence-corrected chi connectivity index (χ2v) is 8.95. The fraction of sp³-hybridized carbons (Fsp3) is 0.440. The monoisotopic (exact) mass is 473 g/mol. The lowest BCUT2D eigenvalue weighted by Gasteiger charge is -2.43. The highest BCUT2D eigenvalue weighted by Gasteiger charge is 2.49. The molecular formula is C25H26F3N3O3. The van der Waals surface area contributed by atoms with Gasteiger partial charge in [0.1, 0.15) is 5.75 Å². The van der Waals surface area contributed by atoms with Crippen LogP contribution in [0.5, 0.6) is 5.75 Å². The molecule has 2 aromatic rings. The van der Waals surface area contributed by atoms with Crippen molar-refractivity contribution in [2.24, 2.45) is 11.3 Å². The number of rotatable bonds is 4. The molecule has 34 heavy (non-hydrogen) atoms. The first-order valence-electron chi connectivity index (χ1n) is 11.1. The van der Waals surface area contributed by atoms with Gasteiger partial charge in [-0.2, -0.15) is 18.4 Å². The summed E-state index contributed by atoms with van der Waals surface area (Å²) in [5, 5.41) is 19.1. The number of aliphatic hydroxyl groups is 1. The van der Waals surface area contributed by atoms with Crippen LogP contribution in [0.25, 0.3) is 0 Å². The van der Waals surface area contributed by atoms with Crippen LogP contribution in [0.2, 0.25) is 0 Å². The molecule has 4 rings (SSSR count). The Kier molecular flexibility index (Phi) is 6.45. The zero-order chi connectivity index (χ0) is 24.5. The summed E-state index contributed by atoms with van der Waals surface area (Å²) < 4.78 is 45.5. The number of amides is 1. The molecule has 2 heterocycles. The predicted molar refractivity (Wildman–Crippen MR) is 120 cm³/mol. The number of hydrogen-bond donors (Lipinski definition) is 1. The molecule has 0 aromatic heterocycles. The Balaban J connectivity index is 1.51. The van der Waals surface area contributed by atoms with E-state index in [9.17, 15) is 23.1 Å². The smallest absolute Gasteiger partial charge is 0.417 e. The van der Waals surface area contributed by atoms with Gasteiger partial charge in [0, 0.05) is 44.4 Å². The molecule has 1 spiro atoms. The van der Waals surface area contributed by atoms with E-state index in [4.69, 9.17) is 10.00 Å². The maximum Gasteiger partial charge on any atom is 0.417 e. The number of hydrogen-bond acceptors (Lipinski definition) is 5. The summed E-state index contributed by atoms with van der Waals surface area (Å²) in [6, 6.07) is 12.4. The maximum absolute atomic E-state index is 13.4. The Morgan fingerprint density at radius 2 is 1.94 bits per heavy atom. The number of aliphatic hydroxyl groups excluding tert-OH is 1. The van der Waals surface area contributed by atoms with Gasteiger partial charge in [0.2, 0.25) is 0 Å². The maximum atomic E-state index is 13.4. The van der Waals surface area contributed by atoms with Crippen LogP contribution in [0.15, 0.2) is 42.5 Å². The van der Waals surface area contributed by atoms with Crippen LogP contribution < -0.4 is 9.64 Å². The Morgan fingerprint density at radius 1 is 1.24 bits per heavy atom. The number of methoxy groups -OCH3 is 1. The van der Waals surface area contributed by atoms with Gasteiger partial charge in [-0.1, -0.05) is 12.1 Å². The summed E-state index contributed by atoms with van der Waals surface area (Å²) in [5.41, 5.74) is -0.750. The number of alkyl halides is 3. The van der Waals surface area contributed by atoms with Crippen molar-refractivity contribution in [2.45, 2.75) is 19.0 Å². The number of piperidine rings is 1. The summed E-state index contributed by atoms with van der Waals surface area (Å²) in [6.45, 7) is 1.82. The van der Waals surface area contributed by atoms with Gasteiger partial charge in [0.05, 0.1) is 29.9 Å². The van der Waals surface area contributed by atoms with E-state index in [0.29, 0.717) is 56.0 Å². The van der Waals surface area contributed by atoms with Crippen molar-refractivity contribution in [3.05, 3.63) is 59.2 Å². The number of anilines is 1. The third kappa shape index (κ3) is 4.30. The third-order valence-electron chi connectivity index (χ3n) is 7.21. The minimum Gasteiger partial charge on any atom is -0.496 e. The number of carbonyl (C=O) groups excluding carboxylic acids is 1. The van der Waals surface area contributed by atoms with E-state index < -0.39 is 17.3 Å². The fourth-order valence-electron chi connectivity index (χ4n) is 5.27. The first-order chi connectivity index (χ1) is 16.2. The van der Waals surface area contributed by atoms with Crippen molar-refractivity contribution in [3.63, 3.8) is 0 Å². The topological polar surface area (TPSA) is 76.8 Å². The largest absolute Gasteiger partial charge is 0.496 e. The van der Waals surface area contributed by atoms with Crippen molar-refractivity contribution in [1.82, 2.24) is 4.90 Å². The molecule has 1 N–H and O–H groups in total. The summed E-state index contributed by atoms with van der Waals surface area (Å²) in [7, 11) is 1.51. The van der Waals surface area contributed by atoms with Crippen molar-refractivity contribution < 1.29 is 27.8 Å². The van der Waals surface area contributed by atoms with Crippen molar-refractivity contribution in [1.29, 1.82) is 5.26 Å². The van der Waals surface area contributed by atoms with Crippen LogP contribution >= 0.6 is 0 Å². The number of benzene rings is 2. The molecule has 1 amide bonds. The van der Waals surface area contributed by atoms with Crippen LogP contribution in [0.3, 0.4) is 0 Å². The molecule has 0 radical (unpaired) electrons. The first-order valence-corrected chi connectivity index (χ1v) is 11.1. The van der Waals surface area contributed by atoms with Gasteiger partial charge in [-0.15, -0.1) is 0 Å². The number of halogens is 3. The zero-order valence-electron chi connectivity index (χ0n) is 18.8. The molecule has 6 nitrogen and oxygen atoms in total. The van der Waals surface area contributed by atoms with E-state index in [2.05, 4.69) is 0 Å². The van der Waals surface area contributed by atoms with Gasteiger partial charge in [-0.05, 0) is 48.6 Å². The van der Waals surface area contributed by atoms with E-state index in [1.807, 2.05) is 4.90 Å². The lowest BCUT2D eigenvalue weighted by molar-refractivity contribution is -0.137. The van der Waals surface area contributed by atoms with Crippen LogP contribution in [-0.4, -0.2) is 55.8 Å². The molecule has 0 bridgehead atoms. The molecule has 0 aliphatic carbocycles. The molecule has 2 saturated heterocycles. The van der Waals surface area contributed by atoms with Crippen molar-refractivity contribution >= 4 is 11.6 Å². The second-order valence-electron chi connectivity index (χ2n) is 8.95. The molecule has 1 unspecified atom stereocenters. The lowest BCUT2D eigenvalue weighted by atomic mass is 9.71. The molecule has 0 saturated carbocycles. The Bertz CT molecular complexity index is 1100. The van der Waals surface area contributed by atoms with Crippen LogP contribution in [0.1, 0.15) is 34.3 Å². The van der Waals surface area contributed by atoms with Crippen LogP contribution in [0.4, 0.5) is 18.9 Å². The highest BCUT2D eigenvalue weighted by Crippen LogP contribution is 2.46. The SMILES string of the molecule is COc1ccccc1C(=O)N1CC(CO)C2(CCN(c3ccc(C#N)c(C(F)(F)F)c3)CC2)C1. The van der Waals surface area contributed by atoms with E-state index in [-0.39, 0.29) is 23.8 Å². The molecule has 2 fully saturated rings. The number of nitriles is 1. The van der Waals surface area contributed by atoms with Gasteiger partial charge in [0.15, 0.2) is 0 Å². The standard InChI is InChI=1S/C25H26F3N3O3/c1-34-22-5-3-2-4-20(22)23(33)31-14-18(15-32)24(16-31)8-10-30(11-9-24)19-7-6-17(13-29)21(12-19)25(26,27)28/h2-7,12,18,32H,8-11,14-16H2,1H3. The Labute approximate surface area is 196 Å². The van der Waals surface area contributed by atoms with Gasteiger partial charge < -0.3 is 19.6 Å². The summed E-state index contributed by atoms with van der Waals surface area (Å²) in [6.07, 6.45) is -3.34. The molecule has 2 aliphatic rings. The van der Waals surface area contributed by atoms with Gasteiger partial charge in [-0.3, -0.25) is 4.79 Å². The highest BCUT2D eigenvalue weighted by atomic mass is 19.4. The van der Waals surface area contributed by atoms with E-state index in [0.717, 1.165) is 6.07 Å². The van der Waals surface area contributed by atoms with Crippen LogP contribution in [0, 0.1) is 22.7 Å². The number of likely N-dealkylation sites (tertiary alicyclic amines) is 1. The van der Waals surface area contributed by atoms with Crippen molar-refractivity contribution in [3.8, 4) is 11.8 Å². The van der Waals surface area contributed by atoms with E-state index in [1.54, 1.807) is 41.3 Å². The number of para-hydroxylation sites is 1. The average molecular weight is 473 g/mol. The highest BCUT2D eigenvalue weighted by molar-refractivity contribution is 5.97. The van der Waals surface area contributed by atoms with E-state index >= 15 is 0 Å². The molecule has 180 valence electrons. The molecule has 2 aliphatic heterocycles. The lowest BCUT2D eigenvalue weighted by Crippen LogP contribution is -2.45. The fourth-order valence-corrected chi connectivity index (χ4v) is 5.27. The third-order valence-corrected chi connectivity index (χ3v) is 7.21. The second kappa shape index (κ2) is 9.18. The molecule has 1 atom stereocenters. The minimum atomic E-state index is -4.61. The minimum absolute atomic E-state index is 0.0647. The van der Waals surface area contributed by atoms with Gasteiger partial charge in [-0.25, -0.2) is 0 Å². The summed E-state index contributed by atoms with van der Waals surface area (Å²) in [4.78, 5) is 16.8. The summed E-state index contributed by atoms with van der Waals surface area (Å²) in [5.74, 6) is 0.224. The number of carbonyl (C=O) groups is 1. The molecule has 9 heteroatoms. The molecule has 2 aromatic carbocycles. The predicted octanol–water partition coefficient (Wildman–Crippen LogP) is 3.94. The van der Waals surface area contributed by atoms with E-state index in [1.165, 1.54) is 13.2 Å². The molecular weight excluding hydrogens is 447 g/mol. The Hall–Kier alpha value is -3.25. The Morgan fingerprint density at radius 3 is 2.56 bits per heavy atom. The van der Waals surface area contributed by atoms with Gasteiger partial charge >= 0.3 is 6.18 Å². The normalized spacial score (nSPS) is 19.8.